The maximum absolute atomic E-state index is 9.91. The van der Waals surface area contributed by atoms with Gasteiger partial charge in [0.1, 0.15) is 0 Å². The van der Waals surface area contributed by atoms with E-state index in [1.807, 2.05) is 18.2 Å². The number of fused-ring (bicyclic) bond motifs is 2. The molecule has 3 N–H and O–H groups in total. The Morgan fingerprint density at radius 1 is 1.38 bits per heavy atom. The van der Waals surface area contributed by atoms with Crippen molar-refractivity contribution in [1.29, 1.82) is 0 Å². The fourth-order valence-corrected chi connectivity index (χ4v) is 2.39. The Bertz CT molecular complexity index is 551. The van der Waals surface area contributed by atoms with Crippen LogP contribution in [0, 0.1) is 0 Å². The first-order valence-corrected chi connectivity index (χ1v) is 5.62. The highest BCUT2D eigenvalue weighted by atomic mass is 16.3. The monoisotopic (exact) mass is 214 g/mol. The number of hydrogen-bond acceptors (Lipinski definition) is 3. The van der Waals surface area contributed by atoms with Crippen molar-refractivity contribution < 1.29 is 5.11 Å². The number of nitrogen functional groups attached to an aromatic ring is 1. The molecule has 1 aliphatic carbocycles. The van der Waals surface area contributed by atoms with Gasteiger partial charge in [0, 0.05) is 5.39 Å². The van der Waals surface area contributed by atoms with Gasteiger partial charge in [0.15, 0.2) is 0 Å². The highest BCUT2D eigenvalue weighted by molar-refractivity contribution is 5.89. The van der Waals surface area contributed by atoms with Crippen LogP contribution >= 0.6 is 0 Å². The van der Waals surface area contributed by atoms with E-state index in [4.69, 9.17) is 5.73 Å². The van der Waals surface area contributed by atoms with Gasteiger partial charge < -0.3 is 10.8 Å². The van der Waals surface area contributed by atoms with Gasteiger partial charge in [-0.1, -0.05) is 12.1 Å². The molecule has 1 atom stereocenters. The van der Waals surface area contributed by atoms with E-state index in [2.05, 4.69) is 11.1 Å². The van der Waals surface area contributed by atoms with E-state index >= 15 is 0 Å². The average molecular weight is 214 g/mol. The molecule has 1 heterocycles. The maximum atomic E-state index is 9.91. The van der Waals surface area contributed by atoms with Crippen molar-refractivity contribution >= 4 is 16.6 Å². The lowest BCUT2D eigenvalue weighted by Crippen LogP contribution is -2.11. The van der Waals surface area contributed by atoms with Crippen molar-refractivity contribution in [3.63, 3.8) is 0 Å². The lowest BCUT2D eigenvalue weighted by atomic mass is 9.92. The van der Waals surface area contributed by atoms with Crippen LogP contribution in [0.5, 0.6) is 0 Å². The zero-order valence-electron chi connectivity index (χ0n) is 8.98. The molecular weight excluding hydrogens is 200 g/mol. The Morgan fingerprint density at radius 3 is 3.12 bits per heavy atom. The molecule has 0 fully saturated rings. The van der Waals surface area contributed by atoms with Crippen LogP contribution in [0.1, 0.15) is 30.2 Å². The molecule has 3 nitrogen and oxygen atoms in total. The summed E-state index contributed by atoms with van der Waals surface area (Å²) >= 11 is 0. The predicted octanol–water partition coefficient (Wildman–Crippen LogP) is 2.19. The lowest BCUT2D eigenvalue weighted by Gasteiger charge is -2.20. The first-order valence-electron chi connectivity index (χ1n) is 5.62. The summed E-state index contributed by atoms with van der Waals surface area (Å²) in [6, 6.07) is 7.90. The van der Waals surface area contributed by atoms with Crippen LogP contribution in [0.2, 0.25) is 0 Å². The number of rotatable bonds is 0. The number of benzene rings is 1. The molecule has 82 valence electrons. The van der Waals surface area contributed by atoms with E-state index in [0.717, 1.165) is 41.4 Å². The number of pyridine rings is 1. The summed E-state index contributed by atoms with van der Waals surface area (Å²) in [5.41, 5.74) is 9.36. The number of para-hydroxylation sites is 1. The molecule has 1 aromatic carbocycles. The minimum atomic E-state index is -0.423. The van der Waals surface area contributed by atoms with E-state index in [-0.39, 0.29) is 0 Å². The second-order valence-corrected chi connectivity index (χ2v) is 4.36. The number of anilines is 1. The fourth-order valence-electron chi connectivity index (χ4n) is 2.39. The number of aliphatic hydroxyl groups is 1. The van der Waals surface area contributed by atoms with Crippen LogP contribution in [0.4, 0.5) is 5.69 Å². The number of nitrogens with two attached hydrogens (primary N) is 1. The molecule has 3 rings (SSSR count). The molecule has 1 aromatic heterocycles. The molecule has 0 saturated heterocycles. The summed E-state index contributed by atoms with van der Waals surface area (Å²) in [5, 5.41) is 11.0. The Balaban J connectivity index is 2.31. The van der Waals surface area contributed by atoms with Crippen LogP contribution in [0.15, 0.2) is 24.3 Å². The highest BCUT2D eigenvalue weighted by Crippen LogP contribution is 2.31. The van der Waals surface area contributed by atoms with Crippen LogP contribution in [-0.4, -0.2) is 10.1 Å². The van der Waals surface area contributed by atoms with Crippen molar-refractivity contribution in [2.24, 2.45) is 0 Å². The Morgan fingerprint density at radius 2 is 2.25 bits per heavy atom. The number of nitrogens with zero attached hydrogens (tertiary/aromatic N) is 1. The van der Waals surface area contributed by atoms with Gasteiger partial charge in [0.25, 0.3) is 0 Å². The van der Waals surface area contributed by atoms with Crippen LogP contribution < -0.4 is 5.73 Å². The van der Waals surface area contributed by atoms with Crippen LogP contribution in [-0.2, 0) is 6.42 Å². The number of hydrogen-bond donors (Lipinski definition) is 2. The summed E-state index contributed by atoms with van der Waals surface area (Å²) in [4.78, 5) is 4.52. The van der Waals surface area contributed by atoms with E-state index in [9.17, 15) is 5.11 Å². The van der Waals surface area contributed by atoms with Gasteiger partial charge >= 0.3 is 0 Å². The van der Waals surface area contributed by atoms with E-state index in [1.54, 1.807) is 0 Å². The minimum Gasteiger partial charge on any atom is -0.397 e. The minimum absolute atomic E-state index is 0.423. The maximum Gasteiger partial charge on any atom is 0.0963 e. The molecule has 2 aromatic rings. The third-order valence-corrected chi connectivity index (χ3v) is 3.23. The first-order chi connectivity index (χ1) is 7.75. The fraction of sp³-hybridized carbons (Fsp3) is 0.308. The lowest BCUT2D eigenvalue weighted by molar-refractivity contribution is 0.152. The highest BCUT2D eigenvalue weighted by Gasteiger charge is 2.20. The normalized spacial score (nSPS) is 19.7. The van der Waals surface area contributed by atoms with Gasteiger partial charge in [-0.25, -0.2) is 4.98 Å². The zero-order valence-corrected chi connectivity index (χ0v) is 8.98. The Hall–Kier alpha value is -1.61. The molecule has 16 heavy (non-hydrogen) atoms. The molecule has 0 spiro atoms. The Kier molecular flexibility index (Phi) is 2.07. The number of aryl methyl sites for hydroxylation is 1. The van der Waals surface area contributed by atoms with Crippen molar-refractivity contribution in [2.45, 2.75) is 25.4 Å². The number of aromatic nitrogens is 1. The molecule has 0 saturated carbocycles. The van der Waals surface area contributed by atoms with Crippen molar-refractivity contribution in [1.82, 2.24) is 4.98 Å². The van der Waals surface area contributed by atoms with E-state index < -0.39 is 6.10 Å². The zero-order chi connectivity index (χ0) is 11.1. The SMILES string of the molecule is Nc1cccc2cc3c(nc12)C(O)CCC3. The summed E-state index contributed by atoms with van der Waals surface area (Å²) in [6.45, 7) is 0. The molecule has 0 aliphatic heterocycles. The van der Waals surface area contributed by atoms with Gasteiger partial charge in [-0.3, -0.25) is 0 Å². The largest absolute Gasteiger partial charge is 0.397 e. The van der Waals surface area contributed by atoms with Crippen molar-refractivity contribution in [3.8, 4) is 0 Å². The smallest absolute Gasteiger partial charge is 0.0963 e. The van der Waals surface area contributed by atoms with Gasteiger partial charge in [-0.15, -0.1) is 0 Å². The molecule has 0 radical (unpaired) electrons. The van der Waals surface area contributed by atoms with Crippen LogP contribution in [0.3, 0.4) is 0 Å². The number of aliphatic hydroxyl groups excluding tert-OH is 1. The second kappa shape index (κ2) is 3.46. The third-order valence-electron chi connectivity index (χ3n) is 3.23. The van der Waals surface area contributed by atoms with Gasteiger partial charge in [-0.2, -0.15) is 0 Å². The summed E-state index contributed by atoms with van der Waals surface area (Å²) in [5.74, 6) is 0. The van der Waals surface area contributed by atoms with Gasteiger partial charge in [0.05, 0.1) is 23.0 Å². The molecular formula is C13H14N2O. The average Bonchev–Trinajstić information content (AvgIpc) is 2.28. The van der Waals surface area contributed by atoms with Crippen molar-refractivity contribution in [3.05, 3.63) is 35.5 Å². The standard InChI is InChI=1S/C13H14N2O/c14-10-5-1-3-8-7-9-4-2-6-11(16)13(9)15-12(8)10/h1,3,5,7,11,16H,2,4,6,14H2. The second-order valence-electron chi connectivity index (χ2n) is 4.36. The Labute approximate surface area is 93.9 Å². The summed E-state index contributed by atoms with van der Waals surface area (Å²) in [6.07, 6.45) is 2.42. The quantitative estimate of drug-likeness (QED) is 0.661. The summed E-state index contributed by atoms with van der Waals surface area (Å²) in [7, 11) is 0. The summed E-state index contributed by atoms with van der Waals surface area (Å²) < 4.78 is 0. The predicted molar refractivity (Wildman–Crippen MR) is 64.1 cm³/mol. The molecule has 0 bridgehead atoms. The van der Waals surface area contributed by atoms with E-state index in [1.165, 1.54) is 0 Å². The molecule has 1 unspecified atom stereocenters. The molecule has 3 heteroatoms. The van der Waals surface area contributed by atoms with Gasteiger partial charge in [-0.05, 0) is 37.0 Å². The molecule has 1 aliphatic rings. The molecule has 0 amide bonds. The third kappa shape index (κ3) is 1.36. The van der Waals surface area contributed by atoms with Crippen LogP contribution in [0.25, 0.3) is 10.9 Å². The first kappa shape index (κ1) is 9.60. The van der Waals surface area contributed by atoms with Gasteiger partial charge in [0.2, 0.25) is 0 Å². The topological polar surface area (TPSA) is 59.1 Å². The van der Waals surface area contributed by atoms with E-state index in [0.29, 0.717) is 5.69 Å². The van der Waals surface area contributed by atoms with Crippen molar-refractivity contribution in [2.75, 3.05) is 5.73 Å².